The minimum absolute atomic E-state index is 0.279. The Hall–Kier alpha value is -4.47. The Morgan fingerprint density at radius 3 is 2.48 bits per heavy atom. The van der Waals surface area contributed by atoms with Gasteiger partial charge in [-0.05, 0) is 60.6 Å². The lowest BCUT2D eigenvalue weighted by Crippen LogP contribution is -2.13. The Labute approximate surface area is 251 Å². The summed E-state index contributed by atoms with van der Waals surface area (Å²) in [4.78, 5) is 19.7. The first-order valence-corrected chi connectivity index (χ1v) is 15.2. The SMILES string of the molecule is CC[C@H](C)c1ccc(-c2c(C)sc(NC(=O)c3cc(-c4cccc(OCC(C)C)c4)nc4ccccc34)c2C#N)cc1. The number of pyridine rings is 1. The number of carbonyl (C=O) groups excluding carboxylic acids is 1. The number of hydrogen-bond acceptors (Lipinski definition) is 5. The third kappa shape index (κ3) is 6.07. The number of anilines is 1. The summed E-state index contributed by atoms with van der Waals surface area (Å²) >= 11 is 1.43. The summed E-state index contributed by atoms with van der Waals surface area (Å²) in [6, 6.07) is 28.0. The summed E-state index contributed by atoms with van der Waals surface area (Å²) in [7, 11) is 0. The Bertz CT molecular complexity index is 1780. The van der Waals surface area contributed by atoms with Gasteiger partial charge >= 0.3 is 0 Å². The molecule has 3 aromatic carbocycles. The second kappa shape index (κ2) is 12.6. The number of thiophene rings is 1. The van der Waals surface area contributed by atoms with E-state index in [0.29, 0.717) is 40.3 Å². The van der Waals surface area contributed by atoms with Gasteiger partial charge < -0.3 is 10.1 Å². The summed E-state index contributed by atoms with van der Waals surface area (Å²) in [5.74, 6) is 1.37. The van der Waals surface area contributed by atoms with Crippen LogP contribution in [0.15, 0.2) is 78.9 Å². The molecule has 212 valence electrons. The van der Waals surface area contributed by atoms with Crippen LogP contribution in [-0.4, -0.2) is 17.5 Å². The molecule has 0 bridgehead atoms. The van der Waals surface area contributed by atoms with Gasteiger partial charge in [-0.3, -0.25) is 4.79 Å². The third-order valence-electron chi connectivity index (χ3n) is 7.48. The lowest BCUT2D eigenvalue weighted by atomic mass is 9.95. The van der Waals surface area contributed by atoms with Crippen molar-refractivity contribution >= 4 is 33.1 Å². The number of amides is 1. The second-order valence-corrected chi connectivity index (χ2v) is 12.3. The number of para-hydroxylation sites is 1. The van der Waals surface area contributed by atoms with E-state index < -0.39 is 0 Å². The van der Waals surface area contributed by atoms with E-state index in [-0.39, 0.29) is 5.91 Å². The molecule has 0 unspecified atom stereocenters. The van der Waals surface area contributed by atoms with Crippen molar-refractivity contribution in [2.24, 2.45) is 5.92 Å². The molecule has 0 saturated carbocycles. The first-order chi connectivity index (χ1) is 20.3. The molecule has 2 heterocycles. The van der Waals surface area contributed by atoms with Gasteiger partial charge in [0.15, 0.2) is 0 Å². The molecule has 1 atom stereocenters. The quantitative estimate of drug-likeness (QED) is 0.190. The van der Waals surface area contributed by atoms with Crippen LogP contribution in [0, 0.1) is 24.2 Å². The van der Waals surface area contributed by atoms with Gasteiger partial charge in [0.05, 0.1) is 28.9 Å². The van der Waals surface area contributed by atoms with Crippen LogP contribution < -0.4 is 10.1 Å². The fourth-order valence-corrected chi connectivity index (χ4v) is 6.01. The summed E-state index contributed by atoms with van der Waals surface area (Å²) in [6.07, 6.45) is 1.07. The zero-order valence-electron chi connectivity index (χ0n) is 24.7. The van der Waals surface area contributed by atoms with Crippen molar-refractivity contribution in [2.45, 2.75) is 47.0 Å². The maximum atomic E-state index is 13.9. The summed E-state index contributed by atoms with van der Waals surface area (Å²) < 4.78 is 5.94. The Kier molecular flexibility index (Phi) is 8.70. The largest absolute Gasteiger partial charge is 0.493 e. The molecule has 0 saturated heterocycles. The number of aromatic nitrogens is 1. The normalized spacial score (nSPS) is 11.8. The van der Waals surface area contributed by atoms with Crippen LogP contribution in [0.3, 0.4) is 0 Å². The molecule has 2 aromatic heterocycles. The molecule has 1 amide bonds. The highest BCUT2D eigenvalue weighted by molar-refractivity contribution is 7.17. The van der Waals surface area contributed by atoms with Gasteiger partial charge in [0.25, 0.3) is 5.91 Å². The molecule has 0 aliphatic heterocycles. The highest BCUT2D eigenvalue weighted by Crippen LogP contribution is 2.40. The molecule has 5 rings (SSSR count). The van der Waals surface area contributed by atoms with Crippen LogP contribution in [0.5, 0.6) is 5.75 Å². The molecule has 5 nitrogen and oxygen atoms in total. The maximum absolute atomic E-state index is 13.9. The van der Waals surface area contributed by atoms with Crippen LogP contribution >= 0.6 is 11.3 Å². The number of carbonyl (C=O) groups is 1. The van der Waals surface area contributed by atoms with Crippen LogP contribution in [0.4, 0.5) is 5.00 Å². The van der Waals surface area contributed by atoms with Gasteiger partial charge in [-0.2, -0.15) is 5.26 Å². The van der Waals surface area contributed by atoms with Gasteiger partial charge in [-0.1, -0.05) is 82.3 Å². The molecule has 0 aliphatic carbocycles. The summed E-state index contributed by atoms with van der Waals surface area (Å²) in [5, 5.41) is 14.6. The van der Waals surface area contributed by atoms with E-state index in [9.17, 15) is 10.1 Å². The maximum Gasteiger partial charge on any atom is 0.257 e. The van der Waals surface area contributed by atoms with Crippen LogP contribution in [0.2, 0.25) is 0 Å². The minimum Gasteiger partial charge on any atom is -0.493 e. The van der Waals surface area contributed by atoms with Crippen LogP contribution in [0.1, 0.15) is 66.4 Å². The van der Waals surface area contributed by atoms with Crippen molar-refractivity contribution in [3.63, 3.8) is 0 Å². The Morgan fingerprint density at radius 2 is 1.76 bits per heavy atom. The lowest BCUT2D eigenvalue weighted by molar-refractivity contribution is 0.102. The summed E-state index contributed by atoms with van der Waals surface area (Å²) in [6.45, 7) is 11.2. The van der Waals surface area contributed by atoms with E-state index in [1.165, 1.54) is 16.9 Å². The van der Waals surface area contributed by atoms with E-state index in [4.69, 9.17) is 9.72 Å². The molecule has 0 spiro atoms. The van der Waals surface area contributed by atoms with Gasteiger partial charge in [0.1, 0.15) is 16.8 Å². The number of nitrogens with zero attached hydrogens (tertiary/aromatic N) is 2. The fourth-order valence-electron chi connectivity index (χ4n) is 4.99. The Morgan fingerprint density at radius 1 is 1.00 bits per heavy atom. The molecule has 1 N–H and O–H groups in total. The van der Waals surface area contributed by atoms with Gasteiger partial charge in [0, 0.05) is 21.4 Å². The van der Waals surface area contributed by atoms with Crippen molar-refractivity contribution in [2.75, 3.05) is 11.9 Å². The van der Waals surface area contributed by atoms with Crippen molar-refractivity contribution in [1.82, 2.24) is 4.98 Å². The molecular formula is C36H35N3O2S. The van der Waals surface area contributed by atoms with Crippen LogP contribution in [0.25, 0.3) is 33.3 Å². The lowest BCUT2D eigenvalue weighted by Gasteiger charge is -2.12. The van der Waals surface area contributed by atoms with Crippen LogP contribution in [-0.2, 0) is 0 Å². The standard InChI is InChI=1S/C36H35N3O2S/c1-6-23(4)25-14-16-26(17-15-25)34-24(5)42-36(31(34)20-37)39-35(40)30-19-33(38-32-13-8-7-12-29(30)32)27-10-9-11-28(18-27)41-21-22(2)3/h7-19,22-23H,6,21H2,1-5H3,(H,39,40)/t23-/m0/s1. The number of nitriles is 1. The van der Waals surface area contributed by atoms with E-state index in [1.807, 2.05) is 61.5 Å². The van der Waals surface area contributed by atoms with Gasteiger partial charge in [-0.15, -0.1) is 11.3 Å². The monoisotopic (exact) mass is 573 g/mol. The van der Waals surface area contributed by atoms with Crippen molar-refractivity contribution in [3.05, 3.63) is 100 Å². The minimum atomic E-state index is -0.279. The van der Waals surface area contributed by atoms with E-state index >= 15 is 0 Å². The highest BCUT2D eigenvalue weighted by atomic mass is 32.1. The molecule has 0 radical (unpaired) electrons. The average molecular weight is 574 g/mol. The number of aryl methyl sites for hydroxylation is 1. The topological polar surface area (TPSA) is 75.0 Å². The molecular weight excluding hydrogens is 538 g/mol. The second-order valence-electron chi connectivity index (χ2n) is 11.0. The predicted molar refractivity (Wildman–Crippen MR) is 173 cm³/mol. The number of benzene rings is 3. The molecule has 42 heavy (non-hydrogen) atoms. The predicted octanol–water partition coefficient (Wildman–Crippen LogP) is 9.61. The number of ether oxygens (including phenoxy) is 1. The fraction of sp³-hybridized carbons (Fsp3) is 0.250. The first-order valence-electron chi connectivity index (χ1n) is 14.4. The van der Waals surface area contributed by atoms with Crippen molar-refractivity contribution in [3.8, 4) is 34.2 Å². The average Bonchev–Trinajstić information content (AvgIpc) is 3.33. The van der Waals surface area contributed by atoms with E-state index in [0.717, 1.165) is 44.6 Å². The van der Waals surface area contributed by atoms with E-state index in [1.54, 1.807) is 0 Å². The third-order valence-corrected chi connectivity index (χ3v) is 8.50. The number of fused-ring (bicyclic) bond motifs is 1. The number of nitrogens with one attached hydrogen (secondary N) is 1. The smallest absolute Gasteiger partial charge is 0.257 e. The molecule has 0 aliphatic rings. The highest BCUT2D eigenvalue weighted by Gasteiger charge is 2.21. The number of rotatable bonds is 9. The van der Waals surface area contributed by atoms with Gasteiger partial charge in [-0.25, -0.2) is 4.98 Å². The zero-order valence-corrected chi connectivity index (χ0v) is 25.5. The molecule has 5 aromatic rings. The zero-order chi connectivity index (χ0) is 29.8. The van der Waals surface area contributed by atoms with Crippen molar-refractivity contribution in [1.29, 1.82) is 5.26 Å². The van der Waals surface area contributed by atoms with Crippen molar-refractivity contribution < 1.29 is 9.53 Å². The molecule has 6 heteroatoms. The Balaban J connectivity index is 1.50. The number of hydrogen-bond donors (Lipinski definition) is 1. The summed E-state index contributed by atoms with van der Waals surface area (Å²) in [5.41, 5.74) is 6.37. The van der Waals surface area contributed by atoms with Gasteiger partial charge in [0.2, 0.25) is 0 Å². The molecule has 0 fully saturated rings. The van der Waals surface area contributed by atoms with E-state index in [2.05, 4.69) is 63.3 Å². The first kappa shape index (κ1) is 29.0.